The van der Waals surface area contributed by atoms with E-state index < -0.39 is 11.7 Å². The second kappa shape index (κ2) is 5.78. The van der Waals surface area contributed by atoms with Gasteiger partial charge in [0.1, 0.15) is 0 Å². The average molecular weight is 263 g/mol. The van der Waals surface area contributed by atoms with E-state index in [0.29, 0.717) is 10.8 Å². The molecule has 1 rings (SSSR count). The minimum atomic E-state index is -4.30. The Balaban J connectivity index is 3.01. The van der Waals surface area contributed by atoms with Crippen LogP contribution >= 0.6 is 11.8 Å². The fraction of sp³-hybridized carbons (Fsp3) is 0.500. The van der Waals surface area contributed by atoms with Gasteiger partial charge in [-0.1, -0.05) is 13.8 Å². The maximum absolute atomic E-state index is 12.5. The van der Waals surface area contributed by atoms with Crippen molar-refractivity contribution in [1.82, 2.24) is 0 Å². The number of hydrogen-bond acceptors (Lipinski definition) is 2. The van der Waals surface area contributed by atoms with Crippen LogP contribution in [0.3, 0.4) is 0 Å². The maximum atomic E-state index is 12.5. The highest BCUT2D eigenvalue weighted by Gasteiger charge is 2.30. The summed E-state index contributed by atoms with van der Waals surface area (Å²) in [6.07, 6.45) is -3.33. The van der Waals surface area contributed by atoms with E-state index in [-0.39, 0.29) is 6.54 Å². The molecular weight excluding hydrogens is 247 g/mol. The molecule has 1 aromatic rings. The van der Waals surface area contributed by atoms with E-state index in [0.717, 1.165) is 23.4 Å². The van der Waals surface area contributed by atoms with Gasteiger partial charge in [-0.3, -0.25) is 0 Å². The molecule has 0 saturated heterocycles. The Morgan fingerprint density at radius 1 is 1.35 bits per heavy atom. The number of nitrogens with two attached hydrogens (primary N) is 1. The van der Waals surface area contributed by atoms with Crippen molar-refractivity contribution < 1.29 is 13.2 Å². The van der Waals surface area contributed by atoms with Gasteiger partial charge in [0.05, 0.1) is 5.56 Å². The molecule has 0 spiro atoms. The van der Waals surface area contributed by atoms with Gasteiger partial charge in [-0.15, -0.1) is 11.8 Å². The first-order valence-corrected chi connectivity index (χ1v) is 6.33. The fourth-order valence-electron chi connectivity index (χ4n) is 1.33. The van der Waals surface area contributed by atoms with Gasteiger partial charge >= 0.3 is 6.18 Å². The van der Waals surface area contributed by atoms with E-state index in [2.05, 4.69) is 0 Å². The summed E-state index contributed by atoms with van der Waals surface area (Å²) in [5, 5.41) is 0.372. The lowest BCUT2D eigenvalue weighted by Crippen LogP contribution is -2.08. The first kappa shape index (κ1) is 14.4. The third-order valence-electron chi connectivity index (χ3n) is 2.51. The van der Waals surface area contributed by atoms with E-state index in [1.807, 2.05) is 13.8 Å². The molecule has 0 amide bonds. The second-order valence-electron chi connectivity index (χ2n) is 3.86. The van der Waals surface area contributed by atoms with Crippen molar-refractivity contribution in [2.75, 3.05) is 0 Å². The Labute approximate surface area is 104 Å². The lowest BCUT2D eigenvalue weighted by molar-refractivity contribution is -0.137. The van der Waals surface area contributed by atoms with Crippen LogP contribution in [0.15, 0.2) is 23.1 Å². The molecular formula is C12H16F3NS. The SMILES string of the molecule is CCC(C)Sc1ccc(C(F)(F)F)cc1CN. The van der Waals surface area contributed by atoms with Gasteiger partial charge in [0, 0.05) is 16.7 Å². The maximum Gasteiger partial charge on any atom is 0.416 e. The molecule has 0 aromatic heterocycles. The van der Waals surface area contributed by atoms with Crippen LogP contribution in [-0.4, -0.2) is 5.25 Å². The van der Waals surface area contributed by atoms with Crippen LogP contribution in [0, 0.1) is 0 Å². The Morgan fingerprint density at radius 2 is 2.00 bits per heavy atom. The highest BCUT2D eigenvalue weighted by atomic mass is 32.2. The van der Waals surface area contributed by atoms with E-state index in [9.17, 15) is 13.2 Å². The molecule has 0 saturated carbocycles. The summed E-state index contributed by atoms with van der Waals surface area (Å²) >= 11 is 1.57. The Kier molecular flexibility index (Phi) is 4.89. The normalized spacial score (nSPS) is 13.8. The molecule has 0 aliphatic rings. The highest BCUT2D eigenvalue weighted by Crippen LogP contribution is 2.34. The monoisotopic (exact) mass is 263 g/mol. The zero-order chi connectivity index (χ0) is 13.1. The molecule has 1 atom stereocenters. The summed E-state index contributed by atoms with van der Waals surface area (Å²) in [4.78, 5) is 0.842. The summed E-state index contributed by atoms with van der Waals surface area (Å²) in [6.45, 7) is 4.22. The van der Waals surface area contributed by atoms with Crippen molar-refractivity contribution >= 4 is 11.8 Å². The van der Waals surface area contributed by atoms with Gasteiger partial charge in [0.15, 0.2) is 0 Å². The lowest BCUT2D eigenvalue weighted by Gasteiger charge is -2.14. The molecule has 1 aromatic carbocycles. The van der Waals surface area contributed by atoms with Gasteiger partial charge in [-0.2, -0.15) is 13.2 Å². The summed E-state index contributed by atoms with van der Waals surface area (Å²) in [5.74, 6) is 0. The molecule has 17 heavy (non-hydrogen) atoms. The fourth-order valence-corrected chi connectivity index (χ4v) is 2.37. The van der Waals surface area contributed by atoms with E-state index in [1.54, 1.807) is 11.8 Å². The van der Waals surface area contributed by atoms with Crippen molar-refractivity contribution in [2.24, 2.45) is 5.73 Å². The molecule has 0 heterocycles. The zero-order valence-electron chi connectivity index (χ0n) is 9.84. The molecule has 0 fully saturated rings. The van der Waals surface area contributed by atoms with Crippen LogP contribution in [0.25, 0.3) is 0 Å². The third kappa shape index (κ3) is 3.92. The molecule has 0 bridgehead atoms. The molecule has 96 valence electrons. The lowest BCUT2D eigenvalue weighted by atomic mass is 10.1. The quantitative estimate of drug-likeness (QED) is 0.829. The number of rotatable bonds is 4. The second-order valence-corrected chi connectivity index (χ2v) is 5.34. The summed E-state index contributed by atoms with van der Waals surface area (Å²) in [5.41, 5.74) is 5.43. The smallest absolute Gasteiger partial charge is 0.326 e. The summed E-state index contributed by atoms with van der Waals surface area (Å²) < 4.78 is 37.6. The average Bonchev–Trinajstić information content (AvgIpc) is 2.27. The third-order valence-corrected chi connectivity index (χ3v) is 3.90. The van der Waals surface area contributed by atoms with Gasteiger partial charge in [-0.25, -0.2) is 0 Å². The Morgan fingerprint density at radius 3 is 2.47 bits per heavy atom. The van der Waals surface area contributed by atoms with Crippen molar-refractivity contribution in [2.45, 2.75) is 43.1 Å². The topological polar surface area (TPSA) is 26.0 Å². The van der Waals surface area contributed by atoms with Crippen molar-refractivity contribution in [1.29, 1.82) is 0 Å². The van der Waals surface area contributed by atoms with Gasteiger partial charge in [0.2, 0.25) is 0 Å². The van der Waals surface area contributed by atoms with E-state index in [1.165, 1.54) is 6.07 Å². The largest absolute Gasteiger partial charge is 0.416 e. The number of benzene rings is 1. The number of alkyl halides is 3. The van der Waals surface area contributed by atoms with Gasteiger partial charge in [0.25, 0.3) is 0 Å². The predicted octanol–water partition coefficient (Wildman–Crippen LogP) is 4.05. The molecule has 0 aliphatic heterocycles. The van der Waals surface area contributed by atoms with Crippen molar-refractivity contribution in [3.63, 3.8) is 0 Å². The molecule has 0 aliphatic carbocycles. The first-order valence-electron chi connectivity index (χ1n) is 5.45. The van der Waals surface area contributed by atoms with Crippen LogP contribution < -0.4 is 5.73 Å². The summed E-state index contributed by atoms with van der Waals surface area (Å²) in [7, 11) is 0. The van der Waals surface area contributed by atoms with E-state index >= 15 is 0 Å². The Hall–Kier alpha value is -0.680. The summed E-state index contributed by atoms with van der Waals surface area (Å²) in [6, 6.07) is 3.77. The van der Waals surface area contributed by atoms with Crippen LogP contribution in [0.2, 0.25) is 0 Å². The Bertz CT molecular complexity index is 377. The number of thioether (sulfide) groups is 1. The molecule has 0 radical (unpaired) electrons. The van der Waals surface area contributed by atoms with Crippen molar-refractivity contribution in [3.05, 3.63) is 29.3 Å². The first-order chi connectivity index (χ1) is 7.88. The number of halogens is 3. The predicted molar refractivity (Wildman–Crippen MR) is 64.9 cm³/mol. The minimum absolute atomic E-state index is 0.128. The van der Waals surface area contributed by atoms with Crippen LogP contribution in [0.4, 0.5) is 13.2 Å². The van der Waals surface area contributed by atoms with Crippen molar-refractivity contribution in [3.8, 4) is 0 Å². The molecule has 2 N–H and O–H groups in total. The van der Waals surface area contributed by atoms with Gasteiger partial charge < -0.3 is 5.73 Å². The molecule has 1 unspecified atom stereocenters. The van der Waals surface area contributed by atoms with Gasteiger partial charge in [-0.05, 0) is 30.2 Å². The molecule has 1 nitrogen and oxygen atoms in total. The highest BCUT2D eigenvalue weighted by molar-refractivity contribution is 8.00. The minimum Gasteiger partial charge on any atom is -0.326 e. The molecule has 5 heteroatoms. The van der Waals surface area contributed by atoms with E-state index in [4.69, 9.17) is 5.73 Å². The van der Waals surface area contributed by atoms with Crippen LogP contribution in [0.1, 0.15) is 31.4 Å². The standard InChI is InChI=1S/C12H16F3NS/c1-3-8(2)17-11-5-4-10(12(13,14)15)6-9(11)7-16/h4-6,8H,3,7,16H2,1-2H3. The number of hydrogen-bond donors (Lipinski definition) is 1. The van der Waals surface area contributed by atoms with Crippen LogP contribution in [-0.2, 0) is 12.7 Å². The van der Waals surface area contributed by atoms with Crippen LogP contribution in [0.5, 0.6) is 0 Å². The zero-order valence-corrected chi connectivity index (χ0v) is 10.7.